The second-order valence-electron chi connectivity index (χ2n) is 6.02. The van der Waals surface area contributed by atoms with Gasteiger partial charge in [0.15, 0.2) is 5.82 Å². The molecule has 3 heterocycles. The highest BCUT2D eigenvalue weighted by atomic mass is 16.5. The summed E-state index contributed by atoms with van der Waals surface area (Å²) in [7, 11) is 0. The average molecular weight is 315 g/mol. The lowest BCUT2D eigenvalue weighted by molar-refractivity contribution is 0.0460. The molecule has 0 spiro atoms. The van der Waals surface area contributed by atoms with E-state index in [1.54, 1.807) is 6.20 Å². The van der Waals surface area contributed by atoms with Crippen LogP contribution >= 0.6 is 0 Å². The number of aromatic nitrogens is 4. The Morgan fingerprint density at radius 2 is 2.30 bits per heavy atom. The maximum absolute atomic E-state index is 5.69. The van der Waals surface area contributed by atoms with E-state index >= 15 is 0 Å². The highest BCUT2D eigenvalue weighted by Gasteiger charge is 2.25. The quantitative estimate of drug-likeness (QED) is 0.755. The molecule has 0 bridgehead atoms. The van der Waals surface area contributed by atoms with Crippen molar-refractivity contribution in [3.8, 4) is 0 Å². The second kappa shape index (κ2) is 6.13. The smallest absolute Gasteiger partial charge is 0.227 e. The molecule has 1 saturated heterocycles. The fourth-order valence-corrected chi connectivity index (χ4v) is 2.75. The maximum atomic E-state index is 5.69. The Morgan fingerprint density at radius 3 is 3.13 bits per heavy atom. The molecule has 0 amide bonds. The van der Waals surface area contributed by atoms with Gasteiger partial charge in [0.1, 0.15) is 5.82 Å². The molecule has 8 heteroatoms. The van der Waals surface area contributed by atoms with Gasteiger partial charge in [-0.3, -0.25) is 5.10 Å². The van der Waals surface area contributed by atoms with Crippen molar-refractivity contribution in [2.24, 2.45) is 5.73 Å². The molecule has 2 aromatic heterocycles. The minimum absolute atomic E-state index is 0.0383. The van der Waals surface area contributed by atoms with Gasteiger partial charge in [-0.15, -0.1) is 0 Å². The van der Waals surface area contributed by atoms with E-state index in [0.29, 0.717) is 31.6 Å². The molecule has 4 rings (SSSR count). The van der Waals surface area contributed by atoms with Crippen molar-refractivity contribution in [1.29, 1.82) is 0 Å². The molecule has 1 aliphatic carbocycles. The molecule has 8 nitrogen and oxygen atoms in total. The van der Waals surface area contributed by atoms with Crippen LogP contribution in [-0.4, -0.2) is 52.5 Å². The first-order valence-electron chi connectivity index (χ1n) is 8.04. The van der Waals surface area contributed by atoms with Crippen LogP contribution in [0, 0.1) is 0 Å². The Balaban J connectivity index is 1.46. The van der Waals surface area contributed by atoms with Gasteiger partial charge in [-0.05, 0) is 18.9 Å². The number of nitrogens with zero attached hydrogens (tertiary/aromatic N) is 4. The van der Waals surface area contributed by atoms with Crippen LogP contribution in [-0.2, 0) is 4.74 Å². The molecule has 1 atom stereocenters. The van der Waals surface area contributed by atoms with E-state index < -0.39 is 0 Å². The van der Waals surface area contributed by atoms with Crippen molar-refractivity contribution in [2.75, 3.05) is 36.5 Å². The van der Waals surface area contributed by atoms with Crippen LogP contribution in [0.2, 0.25) is 0 Å². The third-order valence-corrected chi connectivity index (χ3v) is 4.20. The van der Waals surface area contributed by atoms with Crippen LogP contribution in [0.5, 0.6) is 0 Å². The minimum atomic E-state index is 0.0383. The summed E-state index contributed by atoms with van der Waals surface area (Å²) < 4.78 is 5.58. The van der Waals surface area contributed by atoms with Gasteiger partial charge in [-0.2, -0.15) is 10.1 Å². The van der Waals surface area contributed by atoms with Gasteiger partial charge in [-0.25, -0.2) is 4.98 Å². The van der Waals surface area contributed by atoms with Crippen molar-refractivity contribution < 1.29 is 4.74 Å². The van der Waals surface area contributed by atoms with E-state index in [-0.39, 0.29) is 6.10 Å². The third-order valence-electron chi connectivity index (χ3n) is 4.20. The first-order valence-corrected chi connectivity index (χ1v) is 8.04. The van der Waals surface area contributed by atoms with E-state index in [2.05, 4.69) is 36.4 Å². The van der Waals surface area contributed by atoms with E-state index in [0.717, 1.165) is 18.2 Å². The van der Waals surface area contributed by atoms with E-state index in [9.17, 15) is 0 Å². The summed E-state index contributed by atoms with van der Waals surface area (Å²) in [5, 5.41) is 10.6. The summed E-state index contributed by atoms with van der Waals surface area (Å²) in [5.41, 5.74) is 6.89. The summed E-state index contributed by atoms with van der Waals surface area (Å²) in [6.07, 6.45) is 4.29. The van der Waals surface area contributed by atoms with Gasteiger partial charge in [0.05, 0.1) is 12.7 Å². The number of aromatic amines is 1. The number of hydrogen-bond donors (Lipinski definition) is 3. The van der Waals surface area contributed by atoms with Gasteiger partial charge in [0, 0.05) is 43.5 Å². The molecule has 2 aromatic rings. The lowest BCUT2D eigenvalue weighted by atomic mass is 10.3. The molecule has 122 valence electrons. The lowest BCUT2D eigenvalue weighted by Crippen LogP contribution is -2.46. The molecule has 23 heavy (non-hydrogen) atoms. The summed E-state index contributed by atoms with van der Waals surface area (Å²) in [5.74, 6) is 2.87. The number of rotatable bonds is 5. The van der Waals surface area contributed by atoms with Crippen LogP contribution < -0.4 is 16.0 Å². The van der Waals surface area contributed by atoms with Gasteiger partial charge >= 0.3 is 0 Å². The predicted molar refractivity (Wildman–Crippen MR) is 86.9 cm³/mol. The first kappa shape index (κ1) is 14.4. The van der Waals surface area contributed by atoms with Crippen LogP contribution in [0.25, 0.3) is 0 Å². The summed E-state index contributed by atoms with van der Waals surface area (Å²) >= 11 is 0. The second-order valence-corrected chi connectivity index (χ2v) is 6.02. The standard InChI is InChI=1S/C15H21N7O/c16-8-11-9-22(5-6-23-11)15-17-4-3-13(19-15)18-14-7-12(20-21-14)10-1-2-10/h3-4,7,10-11H,1-2,5-6,8-9,16H2,(H2,17,18,19,20,21). The third kappa shape index (κ3) is 3.27. The molecular weight excluding hydrogens is 294 g/mol. The SMILES string of the molecule is NCC1CN(c2nccc(Nc3cc(C4CC4)[nH]n3)n2)CCO1. The Labute approximate surface area is 134 Å². The summed E-state index contributed by atoms with van der Waals surface area (Å²) in [6, 6.07) is 3.90. The van der Waals surface area contributed by atoms with Crippen LogP contribution in [0.3, 0.4) is 0 Å². The van der Waals surface area contributed by atoms with Gasteiger partial charge in [0.25, 0.3) is 0 Å². The number of hydrogen-bond acceptors (Lipinski definition) is 7. The molecule has 0 aromatic carbocycles. The number of H-pyrrole nitrogens is 1. The number of nitrogens with two attached hydrogens (primary N) is 1. The molecule has 1 aliphatic heterocycles. The Kier molecular flexibility index (Phi) is 3.84. The number of nitrogens with one attached hydrogen (secondary N) is 2. The monoisotopic (exact) mass is 315 g/mol. The van der Waals surface area contributed by atoms with E-state index in [4.69, 9.17) is 10.5 Å². The Bertz CT molecular complexity index is 669. The molecule has 1 unspecified atom stereocenters. The number of ether oxygens (including phenoxy) is 1. The molecule has 1 saturated carbocycles. The average Bonchev–Trinajstić information content (AvgIpc) is 3.35. The number of morpholine rings is 1. The van der Waals surface area contributed by atoms with Crippen molar-refractivity contribution in [1.82, 2.24) is 20.2 Å². The van der Waals surface area contributed by atoms with Crippen molar-refractivity contribution >= 4 is 17.6 Å². The predicted octanol–water partition coefficient (Wildman–Crippen LogP) is 0.985. The van der Waals surface area contributed by atoms with Gasteiger partial charge < -0.3 is 20.7 Å². The van der Waals surface area contributed by atoms with Crippen LogP contribution in [0.4, 0.5) is 17.6 Å². The molecule has 2 fully saturated rings. The molecule has 4 N–H and O–H groups in total. The van der Waals surface area contributed by atoms with Crippen molar-refractivity contribution in [3.05, 3.63) is 24.0 Å². The maximum Gasteiger partial charge on any atom is 0.227 e. The molecular formula is C15H21N7O. The summed E-state index contributed by atoms with van der Waals surface area (Å²) in [4.78, 5) is 11.1. The van der Waals surface area contributed by atoms with E-state index in [1.807, 2.05) is 6.07 Å². The largest absolute Gasteiger partial charge is 0.373 e. The molecule has 2 aliphatic rings. The number of anilines is 3. The van der Waals surface area contributed by atoms with E-state index in [1.165, 1.54) is 18.5 Å². The van der Waals surface area contributed by atoms with Crippen LogP contribution in [0.15, 0.2) is 18.3 Å². The van der Waals surface area contributed by atoms with Crippen LogP contribution in [0.1, 0.15) is 24.5 Å². The minimum Gasteiger partial charge on any atom is -0.373 e. The van der Waals surface area contributed by atoms with Gasteiger partial charge in [0.2, 0.25) is 5.95 Å². The highest BCUT2D eigenvalue weighted by Crippen LogP contribution is 2.39. The zero-order chi connectivity index (χ0) is 15.6. The molecule has 0 radical (unpaired) electrons. The Morgan fingerprint density at radius 1 is 1.39 bits per heavy atom. The van der Waals surface area contributed by atoms with Crippen molar-refractivity contribution in [3.63, 3.8) is 0 Å². The normalized spacial score (nSPS) is 21.4. The topological polar surface area (TPSA) is 105 Å². The zero-order valence-corrected chi connectivity index (χ0v) is 12.9. The fraction of sp³-hybridized carbons (Fsp3) is 0.533. The summed E-state index contributed by atoms with van der Waals surface area (Å²) in [6.45, 7) is 2.64. The van der Waals surface area contributed by atoms with Gasteiger partial charge in [-0.1, -0.05) is 0 Å². The first-order chi connectivity index (χ1) is 11.3. The fourth-order valence-electron chi connectivity index (χ4n) is 2.75. The zero-order valence-electron chi connectivity index (χ0n) is 12.9. The lowest BCUT2D eigenvalue weighted by Gasteiger charge is -2.32. The highest BCUT2D eigenvalue weighted by molar-refractivity contribution is 5.53. The van der Waals surface area contributed by atoms with Crippen molar-refractivity contribution in [2.45, 2.75) is 24.9 Å². The Hall–Kier alpha value is -2.19.